The lowest BCUT2D eigenvalue weighted by molar-refractivity contribution is 0.0193. The van der Waals surface area contributed by atoms with Crippen LogP contribution in [-0.2, 0) is 14.8 Å². The first-order valence-electron chi connectivity index (χ1n) is 6.77. The lowest BCUT2D eigenvalue weighted by atomic mass is 10.1. The molecule has 1 fully saturated rings. The number of hydrogen-bond donors (Lipinski definition) is 0. The number of hydrogen-bond acceptors (Lipinski definition) is 4. The monoisotopic (exact) mass is 318 g/mol. The molecule has 7 heteroatoms. The van der Waals surface area contributed by atoms with Crippen LogP contribution in [0.4, 0.5) is 0 Å². The zero-order chi connectivity index (χ0) is 14.6. The average molecular weight is 319 g/mol. The Bertz CT molecular complexity index is 550. The summed E-state index contributed by atoms with van der Waals surface area (Å²) in [5.74, 6) is 0. The van der Waals surface area contributed by atoms with E-state index in [0.717, 1.165) is 19.3 Å². The van der Waals surface area contributed by atoms with Crippen LogP contribution in [0.3, 0.4) is 0 Å². The zero-order valence-corrected chi connectivity index (χ0v) is 13.0. The molecule has 0 aliphatic carbocycles. The van der Waals surface area contributed by atoms with E-state index in [9.17, 15) is 8.42 Å². The number of ether oxygens (including phenoxy) is 1. The SMILES string of the molecule is CCCOC1CCCN(S(=O)(=O)c2cnccc2Cl)C1. The van der Waals surface area contributed by atoms with Crippen molar-refractivity contribution >= 4 is 21.6 Å². The van der Waals surface area contributed by atoms with Gasteiger partial charge in [-0.1, -0.05) is 18.5 Å². The maximum absolute atomic E-state index is 12.6. The van der Waals surface area contributed by atoms with Gasteiger partial charge in [-0.3, -0.25) is 4.98 Å². The van der Waals surface area contributed by atoms with E-state index >= 15 is 0 Å². The average Bonchev–Trinajstić information content (AvgIpc) is 2.45. The predicted octanol–water partition coefficient (Wildman–Crippen LogP) is 2.31. The summed E-state index contributed by atoms with van der Waals surface area (Å²) in [7, 11) is -3.59. The smallest absolute Gasteiger partial charge is 0.246 e. The van der Waals surface area contributed by atoms with Crippen LogP contribution in [0.2, 0.25) is 5.02 Å². The molecule has 20 heavy (non-hydrogen) atoms. The summed E-state index contributed by atoms with van der Waals surface area (Å²) in [6.07, 6.45) is 5.36. The van der Waals surface area contributed by atoms with Crippen LogP contribution in [0.25, 0.3) is 0 Å². The van der Waals surface area contributed by atoms with E-state index in [1.165, 1.54) is 22.8 Å². The van der Waals surface area contributed by atoms with Crippen molar-refractivity contribution in [3.63, 3.8) is 0 Å². The Kier molecular flexibility index (Phi) is 5.37. The summed E-state index contributed by atoms with van der Waals surface area (Å²) in [6, 6.07) is 1.49. The van der Waals surface area contributed by atoms with Gasteiger partial charge in [-0.25, -0.2) is 8.42 Å². The maximum Gasteiger partial charge on any atom is 0.246 e. The summed E-state index contributed by atoms with van der Waals surface area (Å²) in [6.45, 7) is 3.58. The Hall–Kier alpha value is -0.690. The highest BCUT2D eigenvalue weighted by atomic mass is 35.5. The summed E-state index contributed by atoms with van der Waals surface area (Å²) in [4.78, 5) is 3.92. The molecule has 0 radical (unpaired) electrons. The molecule has 1 aromatic heterocycles. The minimum atomic E-state index is -3.59. The minimum absolute atomic E-state index is 0.0334. The molecule has 1 aliphatic rings. The van der Waals surface area contributed by atoms with E-state index < -0.39 is 10.0 Å². The lowest BCUT2D eigenvalue weighted by Crippen LogP contribution is -2.43. The van der Waals surface area contributed by atoms with E-state index in [1.807, 2.05) is 6.92 Å². The molecule has 0 aromatic carbocycles. The molecule has 2 rings (SSSR count). The summed E-state index contributed by atoms with van der Waals surface area (Å²) in [5.41, 5.74) is 0. The fraction of sp³-hybridized carbons (Fsp3) is 0.615. The molecule has 2 heterocycles. The molecule has 0 amide bonds. The molecule has 1 aromatic rings. The standard InChI is InChI=1S/C13H19ClN2O3S/c1-2-8-19-11-4-3-7-16(10-11)20(17,18)13-9-15-6-5-12(13)14/h5-6,9,11H,2-4,7-8,10H2,1H3. The second-order valence-corrected chi connectivity index (χ2v) is 7.12. The highest BCUT2D eigenvalue weighted by Gasteiger charge is 2.32. The second-order valence-electron chi connectivity index (χ2n) is 4.80. The third-order valence-electron chi connectivity index (χ3n) is 3.25. The van der Waals surface area contributed by atoms with Gasteiger partial charge < -0.3 is 4.74 Å². The Morgan fingerprint density at radius 1 is 1.55 bits per heavy atom. The van der Waals surface area contributed by atoms with Crippen molar-refractivity contribution in [2.24, 2.45) is 0 Å². The quantitative estimate of drug-likeness (QED) is 0.836. The summed E-state index contributed by atoms with van der Waals surface area (Å²) in [5, 5.41) is 0.205. The van der Waals surface area contributed by atoms with E-state index in [0.29, 0.717) is 19.7 Å². The maximum atomic E-state index is 12.6. The Morgan fingerprint density at radius 3 is 3.05 bits per heavy atom. The van der Waals surface area contributed by atoms with Crippen molar-refractivity contribution in [1.82, 2.24) is 9.29 Å². The Labute approximate surface area is 125 Å². The molecule has 0 bridgehead atoms. The first kappa shape index (κ1) is 15.7. The third-order valence-corrected chi connectivity index (χ3v) is 5.58. The zero-order valence-electron chi connectivity index (χ0n) is 11.5. The Balaban J connectivity index is 2.15. The van der Waals surface area contributed by atoms with E-state index in [2.05, 4.69) is 4.98 Å². The van der Waals surface area contributed by atoms with E-state index in [1.54, 1.807) is 0 Å². The van der Waals surface area contributed by atoms with Gasteiger partial charge in [-0.05, 0) is 25.3 Å². The number of pyridine rings is 1. The van der Waals surface area contributed by atoms with Crippen LogP contribution in [0.5, 0.6) is 0 Å². The largest absolute Gasteiger partial charge is 0.377 e. The molecule has 0 N–H and O–H groups in total. The van der Waals surface area contributed by atoms with Crippen LogP contribution in [0, 0.1) is 0 Å². The number of piperidine rings is 1. The highest BCUT2D eigenvalue weighted by molar-refractivity contribution is 7.89. The molecule has 1 atom stereocenters. The van der Waals surface area contributed by atoms with Gasteiger partial charge in [0.25, 0.3) is 0 Å². The van der Waals surface area contributed by atoms with Crippen molar-refractivity contribution < 1.29 is 13.2 Å². The van der Waals surface area contributed by atoms with Crippen molar-refractivity contribution in [2.75, 3.05) is 19.7 Å². The van der Waals surface area contributed by atoms with Crippen molar-refractivity contribution in [2.45, 2.75) is 37.2 Å². The van der Waals surface area contributed by atoms with Gasteiger partial charge in [0, 0.05) is 32.1 Å². The van der Waals surface area contributed by atoms with Gasteiger partial charge in [-0.2, -0.15) is 4.31 Å². The van der Waals surface area contributed by atoms with Crippen molar-refractivity contribution in [3.8, 4) is 0 Å². The van der Waals surface area contributed by atoms with Crippen molar-refractivity contribution in [3.05, 3.63) is 23.5 Å². The molecule has 1 saturated heterocycles. The molecule has 5 nitrogen and oxygen atoms in total. The number of nitrogens with zero attached hydrogens (tertiary/aromatic N) is 2. The number of rotatable bonds is 5. The van der Waals surface area contributed by atoms with Crippen LogP contribution in [0.15, 0.2) is 23.4 Å². The molecule has 1 aliphatic heterocycles. The summed E-state index contributed by atoms with van der Waals surface area (Å²) >= 11 is 5.97. The minimum Gasteiger partial charge on any atom is -0.377 e. The highest BCUT2D eigenvalue weighted by Crippen LogP contribution is 2.26. The third kappa shape index (κ3) is 3.49. The van der Waals surface area contributed by atoms with Gasteiger partial charge in [0.2, 0.25) is 10.0 Å². The lowest BCUT2D eigenvalue weighted by Gasteiger charge is -2.31. The predicted molar refractivity (Wildman–Crippen MR) is 77.3 cm³/mol. The van der Waals surface area contributed by atoms with Gasteiger partial charge >= 0.3 is 0 Å². The van der Waals surface area contributed by atoms with Gasteiger partial charge in [0.15, 0.2) is 0 Å². The fourth-order valence-electron chi connectivity index (χ4n) is 2.24. The van der Waals surface area contributed by atoms with Crippen LogP contribution in [0.1, 0.15) is 26.2 Å². The Morgan fingerprint density at radius 2 is 2.35 bits per heavy atom. The second kappa shape index (κ2) is 6.85. The van der Waals surface area contributed by atoms with E-state index in [-0.39, 0.29) is 16.0 Å². The normalized spacial score (nSPS) is 21.0. The topological polar surface area (TPSA) is 59.5 Å². The molecular weight excluding hydrogens is 300 g/mol. The molecule has 0 spiro atoms. The van der Waals surface area contributed by atoms with E-state index in [4.69, 9.17) is 16.3 Å². The number of halogens is 1. The molecule has 0 saturated carbocycles. The molecular formula is C13H19ClN2O3S. The van der Waals surface area contributed by atoms with Gasteiger partial charge in [-0.15, -0.1) is 0 Å². The van der Waals surface area contributed by atoms with Crippen LogP contribution in [-0.4, -0.2) is 43.5 Å². The van der Waals surface area contributed by atoms with Gasteiger partial charge in [0.1, 0.15) is 4.90 Å². The van der Waals surface area contributed by atoms with Gasteiger partial charge in [0.05, 0.1) is 11.1 Å². The first-order valence-corrected chi connectivity index (χ1v) is 8.58. The first-order chi connectivity index (χ1) is 9.55. The summed E-state index contributed by atoms with van der Waals surface area (Å²) < 4.78 is 32.3. The molecule has 112 valence electrons. The number of aromatic nitrogens is 1. The molecule has 1 unspecified atom stereocenters. The fourth-order valence-corrected chi connectivity index (χ4v) is 4.15. The van der Waals surface area contributed by atoms with Crippen LogP contribution < -0.4 is 0 Å². The van der Waals surface area contributed by atoms with Crippen LogP contribution >= 0.6 is 11.6 Å². The van der Waals surface area contributed by atoms with Crippen molar-refractivity contribution in [1.29, 1.82) is 0 Å². The number of sulfonamides is 1.